The van der Waals surface area contributed by atoms with Crippen LogP contribution in [0.2, 0.25) is 5.02 Å². The Morgan fingerprint density at radius 1 is 1.25 bits per heavy atom. The molecule has 3 aromatic rings. The molecule has 0 aliphatic carbocycles. The van der Waals surface area contributed by atoms with Crippen molar-refractivity contribution in [1.29, 1.82) is 0 Å². The van der Waals surface area contributed by atoms with Gasteiger partial charge >= 0.3 is 7.82 Å². The van der Waals surface area contributed by atoms with Crippen LogP contribution in [0.5, 0.6) is 0 Å². The van der Waals surface area contributed by atoms with Gasteiger partial charge in [-0.1, -0.05) is 23.7 Å². The summed E-state index contributed by atoms with van der Waals surface area (Å²) >= 11 is 6.22. The molecule has 1 saturated heterocycles. The standard InChI is InChI=1S/C17H20ClN6O7P/c18-11-8(2-1-3-9(11)19)4-20-15-12-16(22-6-21-15)24(7-23-12)17-14(26)13(25)10(31-17)5-30-32(27,28)29/h1-3,6-7,10,13-14,17,25-26H,4-5,19H2,(H,20,21,22)(H2,27,28,29)/t10-,13-,14-,17-/m1/s1. The number of nitrogens with zero attached hydrogens (tertiary/aromatic N) is 4. The van der Waals surface area contributed by atoms with E-state index in [0.29, 0.717) is 34.2 Å². The number of aliphatic hydroxyl groups excluding tert-OH is 2. The van der Waals surface area contributed by atoms with Crippen molar-refractivity contribution in [2.45, 2.75) is 31.1 Å². The summed E-state index contributed by atoms with van der Waals surface area (Å²) in [6.45, 7) is -0.305. The number of rotatable bonds is 7. The van der Waals surface area contributed by atoms with Crippen molar-refractivity contribution in [3.05, 3.63) is 41.4 Å². The molecule has 1 fully saturated rings. The molecule has 0 radical (unpaired) electrons. The second kappa shape index (κ2) is 8.89. The molecule has 2 aromatic heterocycles. The molecule has 0 saturated carbocycles. The van der Waals surface area contributed by atoms with E-state index in [1.807, 2.05) is 6.07 Å². The molecular formula is C17H20ClN6O7P. The lowest BCUT2D eigenvalue weighted by atomic mass is 10.1. The molecule has 13 nitrogen and oxygen atoms in total. The van der Waals surface area contributed by atoms with Crippen molar-refractivity contribution >= 4 is 42.1 Å². The molecule has 1 aliphatic heterocycles. The average Bonchev–Trinajstić information content (AvgIpc) is 3.29. The number of halogens is 1. The predicted molar refractivity (Wildman–Crippen MR) is 112 cm³/mol. The van der Waals surface area contributed by atoms with Gasteiger partial charge in [0.1, 0.15) is 24.6 Å². The number of benzene rings is 1. The monoisotopic (exact) mass is 486 g/mol. The fourth-order valence-corrected chi connectivity index (χ4v) is 3.88. The van der Waals surface area contributed by atoms with Gasteiger partial charge in [0.2, 0.25) is 0 Å². The summed E-state index contributed by atoms with van der Waals surface area (Å²) in [6, 6.07) is 5.28. The third kappa shape index (κ3) is 4.56. The van der Waals surface area contributed by atoms with E-state index < -0.39 is 39.0 Å². The number of hydrogen-bond acceptors (Lipinski definition) is 10. The minimum absolute atomic E-state index is 0.300. The second-order valence-electron chi connectivity index (χ2n) is 7.05. The number of phosphoric acid groups is 1. The Morgan fingerprint density at radius 3 is 2.78 bits per heavy atom. The van der Waals surface area contributed by atoms with Crippen LogP contribution in [0.3, 0.4) is 0 Å². The fourth-order valence-electron chi connectivity index (χ4n) is 3.35. The Morgan fingerprint density at radius 2 is 2.03 bits per heavy atom. The lowest BCUT2D eigenvalue weighted by Crippen LogP contribution is -2.33. The van der Waals surface area contributed by atoms with Crippen LogP contribution in [0.4, 0.5) is 11.5 Å². The largest absolute Gasteiger partial charge is 0.469 e. The van der Waals surface area contributed by atoms with Gasteiger partial charge in [-0.15, -0.1) is 0 Å². The van der Waals surface area contributed by atoms with Gasteiger partial charge in [-0.05, 0) is 11.6 Å². The number of aliphatic hydroxyl groups is 2. The molecule has 172 valence electrons. The molecule has 7 N–H and O–H groups in total. The quantitative estimate of drug-likeness (QED) is 0.199. The minimum Gasteiger partial charge on any atom is -0.398 e. The summed E-state index contributed by atoms with van der Waals surface area (Å²) in [4.78, 5) is 30.3. The van der Waals surface area contributed by atoms with Gasteiger partial charge in [0.15, 0.2) is 23.2 Å². The maximum Gasteiger partial charge on any atom is 0.469 e. The first-order chi connectivity index (χ1) is 15.2. The van der Waals surface area contributed by atoms with E-state index in [9.17, 15) is 14.8 Å². The summed E-state index contributed by atoms with van der Waals surface area (Å²) in [5.74, 6) is 0.390. The molecule has 0 spiro atoms. The Kier molecular flexibility index (Phi) is 6.34. The molecule has 1 aromatic carbocycles. The van der Waals surface area contributed by atoms with Crippen LogP contribution in [0, 0.1) is 0 Å². The van der Waals surface area contributed by atoms with E-state index >= 15 is 0 Å². The molecule has 0 bridgehead atoms. The summed E-state index contributed by atoms with van der Waals surface area (Å²) in [5, 5.41) is 24.1. The molecule has 15 heteroatoms. The van der Waals surface area contributed by atoms with Crippen LogP contribution in [-0.4, -0.2) is 64.4 Å². The van der Waals surface area contributed by atoms with E-state index in [1.54, 1.807) is 12.1 Å². The van der Waals surface area contributed by atoms with Crippen LogP contribution >= 0.6 is 19.4 Å². The molecule has 3 heterocycles. The van der Waals surface area contributed by atoms with Gasteiger partial charge < -0.3 is 35.8 Å². The summed E-state index contributed by atoms with van der Waals surface area (Å²) in [5.41, 5.74) is 7.69. The first-order valence-corrected chi connectivity index (χ1v) is 11.2. The van der Waals surface area contributed by atoms with Gasteiger partial charge in [0, 0.05) is 6.54 Å². The summed E-state index contributed by atoms with van der Waals surface area (Å²) in [7, 11) is -4.77. The number of hydrogen-bond donors (Lipinski definition) is 6. The van der Waals surface area contributed by atoms with E-state index in [1.165, 1.54) is 17.2 Å². The number of ether oxygens (including phenoxy) is 1. The molecular weight excluding hydrogens is 467 g/mol. The normalized spacial score (nSPS) is 23.7. The minimum atomic E-state index is -4.77. The van der Waals surface area contributed by atoms with Gasteiger partial charge in [-0.25, -0.2) is 19.5 Å². The first kappa shape index (κ1) is 22.8. The zero-order chi connectivity index (χ0) is 23.0. The SMILES string of the molecule is Nc1cccc(CNc2ncnc3c2ncn3[C@@H]2O[C@H](COP(=O)(O)O)[C@@H](O)[C@H]2O)c1Cl. The topological polar surface area (TPSA) is 198 Å². The number of aromatic nitrogens is 4. The van der Waals surface area contributed by atoms with Gasteiger partial charge in [-0.3, -0.25) is 9.09 Å². The zero-order valence-corrected chi connectivity index (χ0v) is 18.0. The lowest BCUT2D eigenvalue weighted by Gasteiger charge is -2.16. The summed E-state index contributed by atoms with van der Waals surface area (Å²) in [6.07, 6.45) is -2.53. The number of nitrogens with two attached hydrogens (primary N) is 1. The van der Waals surface area contributed by atoms with Crippen LogP contribution < -0.4 is 11.1 Å². The van der Waals surface area contributed by atoms with Crippen LogP contribution in [0.25, 0.3) is 11.2 Å². The fraction of sp³-hybridized carbons (Fsp3) is 0.353. The maximum atomic E-state index is 10.9. The Bertz CT molecular complexity index is 1170. The molecule has 4 atom stereocenters. The summed E-state index contributed by atoms with van der Waals surface area (Å²) < 4.78 is 22.3. The zero-order valence-electron chi connectivity index (χ0n) is 16.3. The van der Waals surface area contributed by atoms with Crippen molar-refractivity contribution in [3.63, 3.8) is 0 Å². The van der Waals surface area contributed by atoms with E-state index in [2.05, 4.69) is 24.8 Å². The maximum absolute atomic E-state index is 10.9. The van der Waals surface area contributed by atoms with Crippen molar-refractivity contribution in [2.24, 2.45) is 0 Å². The number of anilines is 2. The average molecular weight is 487 g/mol. The van der Waals surface area contributed by atoms with E-state index in [4.69, 9.17) is 31.9 Å². The number of nitrogen functional groups attached to an aromatic ring is 1. The van der Waals surface area contributed by atoms with E-state index in [0.717, 1.165) is 5.56 Å². The highest BCUT2D eigenvalue weighted by molar-refractivity contribution is 7.46. The second-order valence-corrected chi connectivity index (χ2v) is 8.67. The molecule has 1 aliphatic rings. The van der Waals surface area contributed by atoms with E-state index in [-0.39, 0.29) is 0 Å². The van der Waals surface area contributed by atoms with Crippen LogP contribution in [-0.2, 0) is 20.4 Å². The number of nitrogens with one attached hydrogen (secondary N) is 1. The number of fused-ring (bicyclic) bond motifs is 1. The number of phosphoric ester groups is 1. The Labute approximate surface area is 186 Å². The van der Waals surface area contributed by atoms with Gasteiger partial charge in [-0.2, -0.15) is 0 Å². The highest BCUT2D eigenvalue weighted by atomic mass is 35.5. The highest BCUT2D eigenvalue weighted by Gasteiger charge is 2.45. The smallest absolute Gasteiger partial charge is 0.398 e. The Hall–Kier alpha value is -2.35. The lowest BCUT2D eigenvalue weighted by molar-refractivity contribution is -0.0504. The van der Waals surface area contributed by atoms with Gasteiger partial charge in [0.25, 0.3) is 0 Å². The molecule has 4 rings (SSSR count). The molecule has 0 amide bonds. The first-order valence-electron chi connectivity index (χ1n) is 9.31. The van der Waals surface area contributed by atoms with Crippen molar-refractivity contribution in [3.8, 4) is 0 Å². The third-order valence-electron chi connectivity index (χ3n) is 4.93. The van der Waals surface area contributed by atoms with Crippen LogP contribution in [0.1, 0.15) is 11.8 Å². The highest BCUT2D eigenvalue weighted by Crippen LogP contribution is 2.39. The molecule has 0 unspecified atom stereocenters. The Balaban J connectivity index is 1.55. The van der Waals surface area contributed by atoms with Crippen LogP contribution in [0.15, 0.2) is 30.9 Å². The van der Waals surface area contributed by atoms with Crippen molar-refractivity contribution < 1.29 is 33.8 Å². The van der Waals surface area contributed by atoms with Crippen molar-refractivity contribution in [2.75, 3.05) is 17.7 Å². The number of imidazole rings is 1. The van der Waals surface area contributed by atoms with Crippen molar-refractivity contribution in [1.82, 2.24) is 19.5 Å². The third-order valence-corrected chi connectivity index (χ3v) is 5.88. The molecule has 32 heavy (non-hydrogen) atoms. The predicted octanol–water partition coefficient (Wildman–Crippen LogP) is 0.402. The van der Waals surface area contributed by atoms with Gasteiger partial charge in [0.05, 0.1) is 23.6 Å².